The average Bonchev–Trinajstić information content (AvgIpc) is 2.92. The molecule has 0 atom stereocenters. The third-order valence-electron chi connectivity index (χ3n) is 2.87. The van der Waals surface area contributed by atoms with Crippen molar-refractivity contribution in [2.45, 2.75) is 6.54 Å². The Labute approximate surface area is 103 Å². The molecule has 0 spiro atoms. The highest BCUT2D eigenvalue weighted by atomic mass is 32.1. The van der Waals surface area contributed by atoms with Gasteiger partial charge in [0.05, 0.1) is 25.4 Å². The Bertz CT molecular complexity index is 671. The van der Waals surface area contributed by atoms with Crippen molar-refractivity contribution < 1.29 is 4.74 Å². The van der Waals surface area contributed by atoms with Gasteiger partial charge in [0.2, 0.25) is 0 Å². The van der Waals surface area contributed by atoms with Gasteiger partial charge in [-0.2, -0.15) is 5.10 Å². The van der Waals surface area contributed by atoms with Gasteiger partial charge in [0, 0.05) is 28.1 Å². The van der Waals surface area contributed by atoms with E-state index in [0.29, 0.717) is 6.54 Å². The molecule has 1 aromatic carbocycles. The summed E-state index contributed by atoms with van der Waals surface area (Å²) in [7, 11) is 1.70. The lowest BCUT2D eigenvalue weighted by Gasteiger charge is -2.02. The Kier molecular flexibility index (Phi) is 2.49. The molecule has 3 aromatic rings. The minimum absolute atomic E-state index is 0.592. The topological polar surface area (TPSA) is 53.1 Å². The highest BCUT2D eigenvalue weighted by molar-refractivity contribution is 7.13. The summed E-state index contributed by atoms with van der Waals surface area (Å²) in [5.74, 6) is 0. The Morgan fingerprint density at radius 3 is 3.06 bits per heavy atom. The molecule has 0 aliphatic rings. The molecule has 5 heteroatoms. The molecular weight excluding hydrogens is 234 g/mol. The van der Waals surface area contributed by atoms with Crippen molar-refractivity contribution in [2.75, 3.05) is 13.7 Å². The van der Waals surface area contributed by atoms with Crippen molar-refractivity contribution in [3.05, 3.63) is 23.7 Å². The number of hydrogen-bond donors (Lipinski definition) is 1. The van der Waals surface area contributed by atoms with Gasteiger partial charge in [-0.15, -0.1) is 11.3 Å². The number of hydrogen-bond acceptors (Lipinski definition) is 4. The summed E-state index contributed by atoms with van der Waals surface area (Å²) < 4.78 is 7.32. The molecule has 2 aromatic heterocycles. The summed E-state index contributed by atoms with van der Waals surface area (Å²) in [6.45, 7) is 1.33. The molecule has 3 rings (SSSR count). The maximum absolute atomic E-state index is 5.60. The fraction of sp³-hybridized carbons (Fsp3) is 0.250. The zero-order valence-electron chi connectivity index (χ0n) is 9.51. The number of nitrogens with two attached hydrogens (primary N) is 1. The van der Waals surface area contributed by atoms with Gasteiger partial charge in [0.1, 0.15) is 0 Å². The van der Waals surface area contributed by atoms with E-state index in [2.05, 4.69) is 22.6 Å². The summed E-state index contributed by atoms with van der Waals surface area (Å²) in [5.41, 5.74) is 6.75. The van der Waals surface area contributed by atoms with Gasteiger partial charge >= 0.3 is 0 Å². The van der Waals surface area contributed by atoms with Gasteiger partial charge in [0.15, 0.2) is 5.06 Å². The SMILES string of the molecule is COc1scc2c1ccc1cnn(CCN)c12. The molecule has 0 amide bonds. The minimum Gasteiger partial charge on any atom is -0.487 e. The van der Waals surface area contributed by atoms with Gasteiger partial charge in [0.25, 0.3) is 0 Å². The van der Waals surface area contributed by atoms with Gasteiger partial charge in [-0.05, 0) is 6.07 Å². The quantitative estimate of drug-likeness (QED) is 0.772. The fourth-order valence-electron chi connectivity index (χ4n) is 2.13. The van der Waals surface area contributed by atoms with Crippen LogP contribution in [0.15, 0.2) is 23.7 Å². The molecule has 17 heavy (non-hydrogen) atoms. The van der Waals surface area contributed by atoms with E-state index in [-0.39, 0.29) is 0 Å². The summed E-state index contributed by atoms with van der Waals surface area (Å²) in [6.07, 6.45) is 1.88. The number of nitrogens with zero attached hydrogens (tertiary/aromatic N) is 2. The van der Waals surface area contributed by atoms with Crippen LogP contribution < -0.4 is 10.5 Å². The van der Waals surface area contributed by atoms with E-state index < -0.39 is 0 Å². The van der Waals surface area contributed by atoms with Crippen LogP contribution in [-0.2, 0) is 6.54 Å². The van der Waals surface area contributed by atoms with Crippen LogP contribution in [0.25, 0.3) is 21.7 Å². The fourth-order valence-corrected chi connectivity index (χ4v) is 2.99. The molecule has 2 N–H and O–H groups in total. The zero-order valence-corrected chi connectivity index (χ0v) is 10.3. The smallest absolute Gasteiger partial charge is 0.181 e. The molecule has 0 bridgehead atoms. The third kappa shape index (κ3) is 1.50. The number of methoxy groups -OCH3 is 1. The zero-order chi connectivity index (χ0) is 11.8. The summed E-state index contributed by atoms with van der Waals surface area (Å²) in [5, 5.41) is 10.9. The number of fused-ring (bicyclic) bond motifs is 3. The first-order valence-corrected chi connectivity index (χ1v) is 6.33. The largest absolute Gasteiger partial charge is 0.487 e. The molecule has 0 aliphatic carbocycles. The number of thiophene rings is 1. The highest BCUT2D eigenvalue weighted by Crippen LogP contribution is 2.36. The number of benzene rings is 1. The molecule has 0 unspecified atom stereocenters. The van der Waals surface area contributed by atoms with Crippen molar-refractivity contribution >= 4 is 33.0 Å². The predicted molar refractivity (Wildman–Crippen MR) is 70.7 cm³/mol. The molecule has 0 aliphatic heterocycles. The van der Waals surface area contributed by atoms with E-state index in [1.807, 2.05) is 10.9 Å². The maximum Gasteiger partial charge on any atom is 0.181 e. The van der Waals surface area contributed by atoms with Crippen LogP contribution in [0.4, 0.5) is 0 Å². The minimum atomic E-state index is 0.592. The van der Waals surface area contributed by atoms with Gasteiger partial charge in [-0.1, -0.05) is 6.07 Å². The molecule has 88 valence electrons. The first-order chi connectivity index (χ1) is 8.35. The first kappa shape index (κ1) is 10.6. The van der Waals surface area contributed by atoms with Gasteiger partial charge < -0.3 is 10.5 Å². The molecule has 0 fully saturated rings. The third-order valence-corrected chi connectivity index (χ3v) is 3.83. The average molecular weight is 247 g/mol. The van der Waals surface area contributed by atoms with Crippen molar-refractivity contribution in [1.82, 2.24) is 9.78 Å². The second-order valence-electron chi connectivity index (χ2n) is 3.85. The van der Waals surface area contributed by atoms with Crippen LogP contribution >= 0.6 is 11.3 Å². The molecular formula is C12H13N3OS. The molecule has 0 saturated carbocycles. The number of ether oxygens (including phenoxy) is 1. The lowest BCUT2D eigenvalue weighted by molar-refractivity contribution is 0.431. The van der Waals surface area contributed by atoms with E-state index in [9.17, 15) is 0 Å². The normalized spacial score (nSPS) is 11.4. The summed E-state index contributed by atoms with van der Waals surface area (Å²) in [6, 6.07) is 4.16. The van der Waals surface area contributed by atoms with E-state index in [4.69, 9.17) is 10.5 Å². The van der Waals surface area contributed by atoms with Crippen molar-refractivity contribution in [3.63, 3.8) is 0 Å². The maximum atomic E-state index is 5.60. The standard InChI is InChI=1S/C12H13N3OS/c1-16-12-9-3-2-8-6-14-15(5-4-13)11(8)10(9)7-17-12/h2-3,6-7H,4-5,13H2,1H3. The van der Waals surface area contributed by atoms with E-state index in [1.165, 1.54) is 5.39 Å². The highest BCUT2D eigenvalue weighted by Gasteiger charge is 2.11. The van der Waals surface area contributed by atoms with Crippen LogP contribution in [0.5, 0.6) is 5.06 Å². The number of aromatic nitrogens is 2. The van der Waals surface area contributed by atoms with Crippen molar-refractivity contribution in [3.8, 4) is 5.06 Å². The Morgan fingerprint density at radius 1 is 1.41 bits per heavy atom. The van der Waals surface area contributed by atoms with E-state index in [1.54, 1.807) is 18.4 Å². The van der Waals surface area contributed by atoms with Gasteiger partial charge in [-0.3, -0.25) is 4.68 Å². The molecule has 0 saturated heterocycles. The number of rotatable bonds is 3. The van der Waals surface area contributed by atoms with E-state index >= 15 is 0 Å². The molecule has 4 nitrogen and oxygen atoms in total. The summed E-state index contributed by atoms with van der Waals surface area (Å²) >= 11 is 1.61. The van der Waals surface area contributed by atoms with Crippen molar-refractivity contribution in [2.24, 2.45) is 5.73 Å². The molecule has 2 heterocycles. The lowest BCUT2D eigenvalue weighted by atomic mass is 10.1. The Hall–Kier alpha value is -1.59. The van der Waals surface area contributed by atoms with Crippen LogP contribution in [0.2, 0.25) is 0 Å². The van der Waals surface area contributed by atoms with Crippen LogP contribution in [0.1, 0.15) is 0 Å². The Balaban J connectivity index is 2.36. The Morgan fingerprint density at radius 2 is 2.29 bits per heavy atom. The first-order valence-electron chi connectivity index (χ1n) is 5.45. The van der Waals surface area contributed by atoms with Crippen LogP contribution in [0.3, 0.4) is 0 Å². The second kappa shape index (κ2) is 4.01. The van der Waals surface area contributed by atoms with Gasteiger partial charge in [-0.25, -0.2) is 0 Å². The lowest BCUT2D eigenvalue weighted by Crippen LogP contribution is -2.10. The monoisotopic (exact) mass is 247 g/mol. The van der Waals surface area contributed by atoms with Crippen LogP contribution in [0, 0.1) is 0 Å². The van der Waals surface area contributed by atoms with Crippen molar-refractivity contribution in [1.29, 1.82) is 0 Å². The van der Waals surface area contributed by atoms with Crippen LogP contribution in [-0.4, -0.2) is 23.4 Å². The van der Waals surface area contributed by atoms with E-state index in [0.717, 1.165) is 27.9 Å². The predicted octanol–water partition coefficient (Wildman–Crippen LogP) is 2.22. The molecule has 0 radical (unpaired) electrons. The second-order valence-corrected chi connectivity index (χ2v) is 4.69. The summed E-state index contributed by atoms with van der Waals surface area (Å²) in [4.78, 5) is 0.